The third kappa shape index (κ3) is 2.28. The minimum absolute atomic E-state index is 0.0274. The predicted molar refractivity (Wildman–Crippen MR) is 75.4 cm³/mol. The van der Waals surface area contributed by atoms with E-state index < -0.39 is 0 Å². The minimum Gasteiger partial charge on any atom is -0.367 e. The van der Waals surface area contributed by atoms with Crippen LogP contribution in [0.4, 0.5) is 0 Å². The molecule has 2 N–H and O–H groups in total. The van der Waals surface area contributed by atoms with Gasteiger partial charge in [0.25, 0.3) is 0 Å². The zero-order valence-corrected chi connectivity index (χ0v) is 10.6. The summed E-state index contributed by atoms with van der Waals surface area (Å²) in [5.74, 6) is 0. The van der Waals surface area contributed by atoms with Crippen molar-refractivity contribution < 1.29 is 4.74 Å². The molecule has 1 aromatic carbocycles. The highest BCUT2D eigenvalue weighted by Gasteiger charge is 2.24. The molecule has 18 heavy (non-hydrogen) atoms. The average molecular weight is 242 g/mol. The van der Waals surface area contributed by atoms with Gasteiger partial charge in [0.2, 0.25) is 0 Å². The first-order chi connectivity index (χ1) is 8.81. The van der Waals surface area contributed by atoms with Gasteiger partial charge >= 0.3 is 0 Å². The molecule has 1 aliphatic rings. The Morgan fingerprint density at radius 1 is 1.61 bits per heavy atom. The fraction of sp³-hybridized carbons (Fsp3) is 0.267. The molecule has 0 fully saturated rings. The molecule has 0 aromatic heterocycles. The van der Waals surface area contributed by atoms with Gasteiger partial charge in [-0.25, -0.2) is 0 Å². The van der Waals surface area contributed by atoms with Crippen molar-refractivity contribution in [3.63, 3.8) is 0 Å². The van der Waals surface area contributed by atoms with Crippen molar-refractivity contribution >= 4 is 12.3 Å². The topological polar surface area (TPSA) is 47.6 Å². The van der Waals surface area contributed by atoms with Gasteiger partial charge < -0.3 is 10.5 Å². The smallest absolute Gasteiger partial charge is 0.0955 e. The first-order valence-corrected chi connectivity index (χ1v) is 6.04. The minimum atomic E-state index is 0.0274. The summed E-state index contributed by atoms with van der Waals surface area (Å²) >= 11 is 0. The van der Waals surface area contributed by atoms with Crippen molar-refractivity contribution in [2.75, 3.05) is 6.54 Å². The van der Waals surface area contributed by atoms with Crippen LogP contribution in [-0.2, 0) is 11.3 Å². The van der Waals surface area contributed by atoms with Gasteiger partial charge in [0.1, 0.15) is 0 Å². The third-order valence-electron chi connectivity index (χ3n) is 3.18. The Hall–Kier alpha value is -1.71. The summed E-state index contributed by atoms with van der Waals surface area (Å²) < 4.78 is 5.70. The molecule has 3 nitrogen and oxygen atoms in total. The number of hydrogen-bond acceptors (Lipinski definition) is 3. The number of benzene rings is 1. The Balaban J connectivity index is 2.44. The highest BCUT2D eigenvalue weighted by Crippen LogP contribution is 2.35. The molecule has 0 bridgehead atoms. The zero-order chi connectivity index (χ0) is 13.0. The van der Waals surface area contributed by atoms with E-state index in [1.54, 1.807) is 6.20 Å². The van der Waals surface area contributed by atoms with E-state index in [9.17, 15) is 0 Å². The van der Waals surface area contributed by atoms with Crippen LogP contribution in [-0.4, -0.2) is 13.3 Å². The van der Waals surface area contributed by atoms with Gasteiger partial charge in [-0.05, 0) is 42.0 Å². The summed E-state index contributed by atoms with van der Waals surface area (Å²) in [5.41, 5.74) is 10.5. The van der Waals surface area contributed by atoms with Gasteiger partial charge in [0.15, 0.2) is 0 Å². The SMILES string of the molecule is C=N/C=C\C(=C/C)c1cccc2c1CO[C@H]2CN. The van der Waals surface area contributed by atoms with E-state index in [0.29, 0.717) is 13.2 Å². The molecule has 0 amide bonds. The average Bonchev–Trinajstić information content (AvgIpc) is 2.83. The summed E-state index contributed by atoms with van der Waals surface area (Å²) in [6.45, 7) is 6.61. The van der Waals surface area contributed by atoms with E-state index >= 15 is 0 Å². The van der Waals surface area contributed by atoms with E-state index in [0.717, 1.165) is 5.57 Å². The van der Waals surface area contributed by atoms with Crippen molar-refractivity contribution in [3.05, 3.63) is 53.2 Å². The first-order valence-electron chi connectivity index (χ1n) is 6.04. The normalized spacial score (nSPS) is 19.2. The molecule has 3 heteroatoms. The maximum atomic E-state index is 5.71. The van der Waals surface area contributed by atoms with Crippen molar-refractivity contribution in [1.82, 2.24) is 0 Å². The number of rotatable bonds is 4. The number of aliphatic imine (C=N–C) groups is 1. The number of fused-ring (bicyclic) bond motifs is 1. The second kappa shape index (κ2) is 5.76. The summed E-state index contributed by atoms with van der Waals surface area (Å²) in [4.78, 5) is 3.75. The van der Waals surface area contributed by atoms with Gasteiger partial charge in [0.05, 0.1) is 12.7 Å². The Morgan fingerprint density at radius 2 is 2.44 bits per heavy atom. The van der Waals surface area contributed by atoms with Crippen LogP contribution < -0.4 is 5.73 Å². The van der Waals surface area contributed by atoms with Crippen LogP contribution >= 0.6 is 0 Å². The quantitative estimate of drug-likeness (QED) is 0.652. The molecule has 94 valence electrons. The van der Waals surface area contributed by atoms with Crippen molar-refractivity contribution in [2.24, 2.45) is 10.7 Å². The lowest BCUT2D eigenvalue weighted by Crippen LogP contribution is -2.10. The van der Waals surface area contributed by atoms with E-state index in [1.807, 2.05) is 19.1 Å². The Labute approximate surface area is 108 Å². The van der Waals surface area contributed by atoms with Crippen molar-refractivity contribution in [2.45, 2.75) is 19.6 Å². The van der Waals surface area contributed by atoms with Gasteiger partial charge in [-0.15, -0.1) is 0 Å². The predicted octanol–water partition coefficient (Wildman–Crippen LogP) is 2.83. The molecule has 2 rings (SSSR count). The monoisotopic (exact) mass is 242 g/mol. The van der Waals surface area contributed by atoms with E-state index in [4.69, 9.17) is 10.5 Å². The largest absolute Gasteiger partial charge is 0.367 e. The molecule has 1 aromatic rings. The molecule has 1 heterocycles. The van der Waals surface area contributed by atoms with Crippen molar-refractivity contribution in [3.8, 4) is 0 Å². The van der Waals surface area contributed by atoms with E-state index in [1.165, 1.54) is 16.7 Å². The van der Waals surface area contributed by atoms with Crippen LogP contribution in [0.15, 0.2) is 41.5 Å². The van der Waals surface area contributed by atoms with E-state index in [-0.39, 0.29) is 6.10 Å². The second-order valence-electron chi connectivity index (χ2n) is 4.15. The lowest BCUT2D eigenvalue weighted by Gasteiger charge is -2.10. The highest BCUT2D eigenvalue weighted by molar-refractivity contribution is 5.76. The fourth-order valence-corrected chi connectivity index (χ4v) is 2.28. The van der Waals surface area contributed by atoms with Crippen LogP contribution in [0.1, 0.15) is 29.7 Å². The molecular weight excluding hydrogens is 224 g/mol. The molecule has 0 saturated carbocycles. The Bertz CT molecular complexity index is 503. The molecule has 0 aliphatic carbocycles. The molecule has 1 atom stereocenters. The molecule has 1 aliphatic heterocycles. The lowest BCUT2D eigenvalue weighted by molar-refractivity contribution is 0.0723. The number of allylic oxidation sites excluding steroid dienone is 3. The molecular formula is C15H18N2O. The van der Waals surface area contributed by atoms with Crippen LogP contribution in [0, 0.1) is 0 Å². The lowest BCUT2D eigenvalue weighted by atomic mass is 9.94. The zero-order valence-electron chi connectivity index (χ0n) is 10.6. The Kier molecular flexibility index (Phi) is 4.07. The van der Waals surface area contributed by atoms with Crippen LogP contribution in [0.3, 0.4) is 0 Å². The summed E-state index contributed by atoms with van der Waals surface area (Å²) in [5, 5.41) is 0. The molecule has 0 saturated heterocycles. The maximum absolute atomic E-state index is 5.71. The molecule has 0 unspecified atom stereocenters. The summed E-state index contributed by atoms with van der Waals surface area (Å²) in [7, 11) is 0. The number of hydrogen-bond donors (Lipinski definition) is 1. The highest BCUT2D eigenvalue weighted by atomic mass is 16.5. The first kappa shape index (κ1) is 12.7. The molecule has 0 radical (unpaired) electrons. The summed E-state index contributed by atoms with van der Waals surface area (Å²) in [6, 6.07) is 6.24. The van der Waals surface area contributed by atoms with Gasteiger partial charge in [0, 0.05) is 12.7 Å². The third-order valence-corrected chi connectivity index (χ3v) is 3.18. The Morgan fingerprint density at radius 3 is 3.11 bits per heavy atom. The van der Waals surface area contributed by atoms with Crippen LogP contribution in [0.25, 0.3) is 5.57 Å². The second-order valence-corrected chi connectivity index (χ2v) is 4.15. The standard InChI is InChI=1S/C15H18N2O/c1-3-11(7-8-17-2)12-5-4-6-13-14(12)10-18-15(13)9-16/h3-8,15H,2,9-10,16H2,1H3/b8-7-,11-3+/t15-/m0/s1. The van der Waals surface area contributed by atoms with Crippen LogP contribution in [0.2, 0.25) is 0 Å². The van der Waals surface area contributed by atoms with Crippen molar-refractivity contribution in [1.29, 1.82) is 0 Å². The number of ether oxygens (including phenoxy) is 1. The van der Waals surface area contributed by atoms with Crippen LogP contribution in [0.5, 0.6) is 0 Å². The van der Waals surface area contributed by atoms with E-state index in [2.05, 4.69) is 29.9 Å². The van der Waals surface area contributed by atoms with Gasteiger partial charge in [-0.3, -0.25) is 4.99 Å². The van der Waals surface area contributed by atoms with Gasteiger partial charge in [-0.1, -0.05) is 24.3 Å². The number of nitrogens with zero attached hydrogens (tertiary/aromatic N) is 1. The molecule has 0 spiro atoms. The summed E-state index contributed by atoms with van der Waals surface area (Å²) in [6.07, 6.45) is 5.75. The maximum Gasteiger partial charge on any atom is 0.0955 e. The van der Waals surface area contributed by atoms with Gasteiger partial charge in [-0.2, -0.15) is 0 Å². The number of nitrogens with two attached hydrogens (primary N) is 1. The fourth-order valence-electron chi connectivity index (χ4n) is 2.28.